The van der Waals surface area contributed by atoms with E-state index in [1.165, 1.54) is 16.3 Å². The van der Waals surface area contributed by atoms with Gasteiger partial charge in [0.1, 0.15) is 22.3 Å². The van der Waals surface area contributed by atoms with E-state index < -0.39 is 0 Å². The standard InChI is InChI=1S/C52H33NO2/c1-4-15-34(16-5-1)37-27-30-45(43(31-37)35-17-6-2-7-18-35)53(46-24-14-26-48-51(46)41-23-12-13-25-47(41)54-48)39-28-29-42-49(33-39)55-52-44(36-19-8-3-9-20-36)32-38-21-10-11-22-40(38)50(42)52/h1-33H. The van der Waals surface area contributed by atoms with E-state index in [2.05, 4.69) is 193 Å². The molecule has 0 amide bonds. The highest BCUT2D eigenvalue weighted by atomic mass is 16.3. The normalized spacial score (nSPS) is 11.6. The Bertz CT molecular complexity index is 3200. The molecule has 9 aromatic carbocycles. The summed E-state index contributed by atoms with van der Waals surface area (Å²) in [6, 6.07) is 70.8. The van der Waals surface area contributed by atoms with Crippen LogP contribution in [0.1, 0.15) is 0 Å². The number of hydrogen-bond donors (Lipinski definition) is 0. The molecule has 55 heavy (non-hydrogen) atoms. The Morgan fingerprint density at radius 1 is 0.327 bits per heavy atom. The van der Waals surface area contributed by atoms with Gasteiger partial charge in [-0.1, -0.05) is 146 Å². The van der Waals surface area contributed by atoms with Crippen LogP contribution < -0.4 is 4.90 Å². The first kappa shape index (κ1) is 31.2. The molecule has 0 saturated heterocycles. The van der Waals surface area contributed by atoms with Gasteiger partial charge in [-0.3, -0.25) is 0 Å². The minimum Gasteiger partial charge on any atom is -0.456 e. The van der Waals surface area contributed by atoms with Crippen molar-refractivity contribution in [1.82, 2.24) is 0 Å². The molecule has 0 fully saturated rings. The summed E-state index contributed by atoms with van der Waals surface area (Å²) in [4.78, 5) is 2.38. The highest BCUT2D eigenvalue weighted by Gasteiger charge is 2.24. The van der Waals surface area contributed by atoms with Gasteiger partial charge in [0.25, 0.3) is 0 Å². The second kappa shape index (κ2) is 12.6. The monoisotopic (exact) mass is 703 g/mol. The average molecular weight is 704 g/mol. The first-order valence-corrected chi connectivity index (χ1v) is 18.7. The largest absolute Gasteiger partial charge is 0.456 e. The second-order valence-corrected chi connectivity index (χ2v) is 14.0. The van der Waals surface area contributed by atoms with E-state index in [1.54, 1.807) is 0 Å². The van der Waals surface area contributed by atoms with E-state index >= 15 is 0 Å². The third-order valence-corrected chi connectivity index (χ3v) is 10.8. The van der Waals surface area contributed by atoms with Crippen molar-refractivity contribution in [3.8, 4) is 33.4 Å². The van der Waals surface area contributed by atoms with Crippen molar-refractivity contribution in [1.29, 1.82) is 0 Å². The van der Waals surface area contributed by atoms with E-state index in [4.69, 9.17) is 8.83 Å². The lowest BCUT2D eigenvalue weighted by Crippen LogP contribution is -2.11. The first-order valence-electron chi connectivity index (χ1n) is 18.7. The topological polar surface area (TPSA) is 29.5 Å². The molecule has 0 aliphatic heterocycles. The van der Waals surface area contributed by atoms with Gasteiger partial charge in [-0.05, 0) is 81.6 Å². The summed E-state index contributed by atoms with van der Waals surface area (Å²) in [6.45, 7) is 0. The van der Waals surface area contributed by atoms with Crippen LogP contribution in [0.3, 0.4) is 0 Å². The summed E-state index contributed by atoms with van der Waals surface area (Å²) in [7, 11) is 0. The number of hydrogen-bond acceptors (Lipinski definition) is 3. The summed E-state index contributed by atoms with van der Waals surface area (Å²) >= 11 is 0. The number of fused-ring (bicyclic) bond motifs is 8. The zero-order chi connectivity index (χ0) is 36.3. The SMILES string of the molecule is c1ccc(-c2ccc(N(c3ccc4c(c3)oc3c(-c5ccccc5)cc5ccccc5c34)c3cccc4oc5ccccc5c34)c(-c3ccccc3)c2)cc1. The van der Waals surface area contributed by atoms with Gasteiger partial charge < -0.3 is 13.7 Å². The Hall–Kier alpha value is -7.36. The van der Waals surface area contributed by atoms with Gasteiger partial charge in [-0.2, -0.15) is 0 Å². The van der Waals surface area contributed by atoms with Crippen LogP contribution in [0.25, 0.3) is 88.0 Å². The van der Waals surface area contributed by atoms with Gasteiger partial charge in [-0.25, -0.2) is 0 Å². The van der Waals surface area contributed by atoms with Crippen LogP contribution >= 0.6 is 0 Å². The van der Waals surface area contributed by atoms with Gasteiger partial charge in [-0.15, -0.1) is 0 Å². The molecule has 0 atom stereocenters. The molecule has 0 aliphatic carbocycles. The van der Waals surface area contributed by atoms with Crippen molar-refractivity contribution in [2.45, 2.75) is 0 Å². The summed E-state index contributed by atoms with van der Waals surface area (Å²) in [5.74, 6) is 0. The highest BCUT2D eigenvalue weighted by molar-refractivity contribution is 6.23. The number of para-hydroxylation sites is 1. The molecule has 0 aliphatic rings. The molecular weight excluding hydrogens is 671 g/mol. The lowest BCUT2D eigenvalue weighted by atomic mass is 9.95. The molecule has 3 heteroatoms. The molecule has 0 bridgehead atoms. The molecule has 0 saturated carbocycles. The van der Waals surface area contributed by atoms with Crippen molar-refractivity contribution < 1.29 is 8.83 Å². The Morgan fingerprint density at radius 2 is 0.964 bits per heavy atom. The number of rotatable bonds is 6. The maximum absolute atomic E-state index is 7.00. The van der Waals surface area contributed by atoms with Crippen LogP contribution in [0.15, 0.2) is 209 Å². The molecule has 11 aromatic rings. The van der Waals surface area contributed by atoms with Gasteiger partial charge in [0.15, 0.2) is 0 Å². The quantitative estimate of drug-likeness (QED) is 0.173. The smallest absolute Gasteiger partial charge is 0.143 e. The molecule has 258 valence electrons. The van der Waals surface area contributed by atoms with Crippen LogP contribution in [-0.2, 0) is 0 Å². The zero-order valence-electron chi connectivity index (χ0n) is 29.8. The Morgan fingerprint density at radius 3 is 1.75 bits per heavy atom. The van der Waals surface area contributed by atoms with Crippen LogP contribution in [-0.4, -0.2) is 0 Å². The lowest BCUT2D eigenvalue weighted by molar-refractivity contribution is 0.669. The highest BCUT2D eigenvalue weighted by Crippen LogP contribution is 2.49. The zero-order valence-corrected chi connectivity index (χ0v) is 29.8. The maximum Gasteiger partial charge on any atom is 0.143 e. The van der Waals surface area contributed by atoms with Gasteiger partial charge in [0.05, 0.1) is 16.8 Å². The molecule has 2 aromatic heterocycles. The summed E-state index contributed by atoms with van der Waals surface area (Å²) < 4.78 is 13.5. The molecule has 3 nitrogen and oxygen atoms in total. The fourth-order valence-corrected chi connectivity index (χ4v) is 8.33. The minimum absolute atomic E-state index is 0.831. The van der Waals surface area contributed by atoms with Crippen LogP contribution in [0, 0.1) is 0 Å². The van der Waals surface area contributed by atoms with Crippen molar-refractivity contribution in [3.05, 3.63) is 200 Å². The van der Waals surface area contributed by atoms with Crippen molar-refractivity contribution >= 4 is 71.7 Å². The fraction of sp³-hybridized carbons (Fsp3) is 0. The van der Waals surface area contributed by atoms with E-state index in [0.717, 1.165) is 88.8 Å². The summed E-state index contributed by atoms with van der Waals surface area (Å²) in [5.41, 5.74) is 13.3. The number of anilines is 3. The average Bonchev–Trinajstić information content (AvgIpc) is 3.84. The molecule has 0 spiro atoms. The van der Waals surface area contributed by atoms with Gasteiger partial charge in [0.2, 0.25) is 0 Å². The minimum atomic E-state index is 0.831. The summed E-state index contributed by atoms with van der Waals surface area (Å²) in [5, 5.41) is 6.72. The fourth-order valence-electron chi connectivity index (χ4n) is 8.33. The van der Waals surface area contributed by atoms with Crippen LogP contribution in [0.4, 0.5) is 17.1 Å². The molecule has 2 heterocycles. The second-order valence-electron chi connectivity index (χ2n) is 14.0. The molecule has 0 unspecified atom stereocenters. The molecular formula is C52H33NO2. The number of nitrogens with zero attached hydrogens (tertiary/aromatic N) is 1. The van der Waals surface area contributed by atoms with Gasteiger partial charge >= 0.3 is 0 Å². The molecule has 11 rings (SSSR count). The third-order valence-electron chi connectivity index (χ3n) is 10.8. The van der Waals surface area contributed by atoms with E-state index in [-0.39, 0.29) is 0 Å². The van der Waals surface area contributed by atoms with Crippen molar-refractivity contribution in [3.63, 3.8) is 0 Å². The Balaban J connectivity index is 1.22. The predicted octanol–water partition coefficient (Wildman–Crippen LogP) is 15.1. The number of benzene rings is 9. The number of furan rings is 2. The lowest BCUT2D eigenvalue weighted by Gasteiger charge is -2.29. The Kier molecular flexibility index (Phi) is 7.17. The Labute approximate surface area is 317 Å². The third kappa shape index (κ3) is 5.13. The first-order chi connectivity index (χ1) is 27.3. The van der Waals surface area contributed by atoms with Crippen LogP contribution in [0.5, 0.6) is 0 Å². The summed E-state index contributed by atoms with van der Waals surface area (Å²) in [6.07, 6.45) is 0. The van der Waals surface area contributed by atoms with E-state index in [1.807, 2.05) is 12.1 Å². The molecule has 0 radical (unpaired) electrons. The van der Waals surface area contributed by atoms with Crippen LogP contribution in [0.2, 0.25) is 0 Å². The van der Waals surface area contributed by atoms with E-state index in [9.17, 15) is 0 Å². The van der Waals surface area contributed by atoms with E-state index in [0.29, 0.717) is 0 Å². The predicted molar refractivity (Wildman–Crippen MR) is 229 cm³/mol. The van der Waals surface area contributed by atoms with Crippen molar-refractivity contribution in [2.24, 2.45) is 0 Å². The molecule has 0 N–H and O–H groups in total. The maximum atomic E-state index is 7.00. The van der Waals surface area contributed by atoms with Crippen molar-refractivity contribution in [2.75, 3.05) is 4.90 Å². The van der Waals surface area contributed by atoms with Gasteiger partial charge in [0, 0.05) is 39.0 Å².